The smallest absolute Gasteiger partial charge is 0.338 e. The van der Waals surface area contributed by atoms with E-state index in [1.54, 1.807) is 48.2 Å². The van der Waals surface area contributed by atoms with Crippen LogP contribution in [0.3, 0.4) is 0 Å². The zero-order valence-corrected chi connectivity index (χ0v) is 22.5. The number of benzene rings is 2. The Balaban J connectivity index is 1.30. The van der Waals surface area contributed by atoms with Crippen molar-refractivity contribution in [2.24, 2.45) is 5.92 Å². The SMILES string of the molecule is CC(=O)N[C@@H]1OC(=O)C(c2ccc(N3CCN(C(=O)COC(=O)c4ccc(N(C)C)cc4)CC3)c(F)c2)C1C. The summed E-state index contributed by atoms with van der Waals surface area (Å²) in [6, 6.07) is 11.5. The third-order valence-electron chi connectivity index (χ3n) is 7.10. The van der Waals surface area contributed by atoms with Gasteiger partial charge in [-0.1, -0.05) is 13.0 Å². The summed E-state index contributed by atoms with van der Waals surface area (Å²) in [6.07, 6.45) is -0.753. The molecule has 0 spiro atoms. The van der Waals surface area contributed by atoms with Crippen LogP contribution >= 0.6 is 0 Å². The highest BCUT2D eigenvalue weighted by molar-refractivity contribution is 5.91. The number of hydrogen-bond donors (Lipinski definition) is 1. The summed E-state index contributed by atoms with van der Waals surface area (Å²) in [6.45, 7) is 4.23. The Hall–Kier alpha value is -4.15. The normalized spacial score (nSPS) is 20.8. The first kappa shape index (κ1) is 27.9. The zero-order chi connectivity index (χ0) is 28.3. The van der Waals surface area contributed by atoms with Gasteiger partial charge in [-0.15, -0.1) is 0 Å². The van der Waals surface area contributed by atoms with Crippen molar-refractivity contribution in [3.05, 3.63) is 59.4 Å². The Morgan fingerprint density at radius 1 is 1.08 bits per heavy atom. The molecule has 3 atom stereocenters. The number of piperazine rings is 1. The number of ether oxygens (including phenoxy) is 2. The standard InChI is InChI=1S/C28H33FN4O6/c1-17-25(28(37)39-26(17)30-18(2)34)20-7-10-23(22(29)15-20)32-11-13-33(14-12-32)24(35)16-38-27(36)19-5-8-21(9-6-19)31(3)4/h5-10,15,17,25-26H,11-14,16H2,1-4H3,(H,30,34)/t17?,25?,26-/m1/s1. The van der Waals surface area contributed by atoms with E-state index < -0.39 is 29.9 Å². The van der Waals surface area contributed by atoms with Gasteiger partial charge in [0.25, 0.3) is 5.91 Å². The van der Waals surface area contributed by atoms with Gasteiger partial charge in [0.1, 0.15) is 5.82 Å². The molecule has 1 N–H and O–H groups in total. The second-order valence-corrected chi connectivity index (χ2v) is 9.99. The maximum Gasteiger partial charge on any atom is 0.338 e. The topological polar surface area (TPSA) is 108 Å². The largest absolute Gasteiger partial charge is 0.452 e. The van der Waals surface area contributed by atoms with E-state index in [1.807, 2.05) is 23.9 Å². The van der Waals surface area contributed by atoms with Gasteiger partial charge in [0.15, 0.2) is 12.8 Å². The molecule has 2 aliphatic rings. The molecule has 2 aromatic carbocycles. The van der Waals surface area contributed by atoms with E-state index in [1.165, 1.54) is 13.0 Å². The van der Waals surface area contributed by atoms with E-state index in [0.29, 0.717) is 43.0 Å². The van der Waals surface area contributed by atoms with Crippen LogP contribution in [0.1, 0.15) is 35.7 Å². The van der Waals surface area contributed by atoms with Gasteiger partial charge in [0, 0.05) is 58.8 Å². The Bertz CT molecular complexity index is 1240. The van der Waals surface area contributed by atoms with Crippen LogP contribution in [0.15, 0.2) is 42.5 Å². The van der Waals surface area contributed by atoms with Crippen molar-refractivity contribution in [1.82, 2.24) is 10.2 Å². The molecule has 0 bridgehead atoms. The van der Waals surface area contributed by atoms with Crippen LogP contribution in [-0.4, -0.2) is 81.8 Å². The third kappa shape index (κ3) is 6.30. The fourth-order valence-corrected chi connectivity index (χ4v) is 4.86. The van der Waals surface area contributed by atoms with Gasteiger partial charge >= 0.3 is 11.9 Å². The quantitative estimate of drug-likeness (QED) is 0.533. The first-order valence-electron chi connectivity index (χ1n) is 12.8. The van der Waals surface area contributed by atoms with Gasteiger partial charge in [0.2, 0.25) is 5.91 Å². The number of hydrogen-bond acceptors (Lipinski definition) is 8. The molecule has 2 heterocycles. The first-order chi connectivity index (χ1) is 18.5. The lowest BCUT2D eigenvalue weighted by Gasteiger charge is -2.36. The molecule has 2 amide bonds. The number of cyclic esters (lactones) is 1. The molecule has 2 saturated heterocycles. The molecule has 0 aromatic heterocycles. The minimum absolute atomic E-state index is 0.312. The van der Waals surface area contributed by atoms with Crippen molar-refractivity contribution in [2.75, 3.05) is 56.7 Å². The van der Waals surface area contributed by atoms with Gasteiger partial charge in [-0.05, 0) is 42.0 Å². The number of nitrogens with zero attached hydrogens (tertiary/aromatic N) is 3. The Kier molecular flexibility index (Phi) is 8.37. The van der Waals surface area contributed by atoms with Crippen molar-refractivity contribution in [2.45, 2.75) is 26.0 Å². The number of carbonyl (C=O) groups excluding carboxylic acids is 4. The molecule has 2 aromatic rings. The summed E-state index contributed by atoms with van der Waals surface area (Å²) in [4.78, 5) is 54.0. The molecule has 2 unspecified atom stereocenters. The van der Waals surface area contributed by atoms with Crippen LogP contribution in [0, 0.1) is 11.7 Å². The molecule has 39 heavy (non-hydrogen) atoms. The van der Waals surface area contributed by atoms with Crippen molar-refractivity contribution in [3.8, 4) is 0 Å². The highest BCUT2D eigenvalue weighted by Crippen LogP contribution is 2.37. The third-order valence-corrected chi connectivity index (χ3v) is 7.10. The summed E-state index contributed by atoms with van der Waals surface area (Å²) in [5.74, 6) is -3.23. The van der Waals surface area contributed by atoms with Crippen molar-refractivity contribution in [3.63, 3.8) is 0 Å². The van der Waals surface area contributed by atoms with Crippen LogP contribution in [0.4, 0.5) is 15.8 Å². The summed E-state index contributed by atoms with van der Waals surface area (Å²) in [5.41, 5.74) is 2.16. The molecule has 0 aliphatic carbocycles. The van der Waals surface area contributed by atoms with E-state index in [0.717, 1.165) is 5.69 Å². The molecule has 4 rings (SSSR count). The van der Waals surface area contributed by atoms with Crippen molar-refractivity contribution < 1.29 is 33.0 Å². The molecular formula is C28H33FN4O6. The van der Waals surface area contributed by atoms with Crippen LogP contribution in [-0.2, 0) is 23.9 Å². The second kappa shape index (κ2) is 11.7. The molecule has 0 radical (unpaired) electrons. The summed E-state index contributed by atoms with van der Waals surface area (Å²) in [7, 11) is 3.80. The van der Waals surface area contributed by atoms with Crippen LogP contribution < -0.4 is 15.1 Å². The fraction of sp³-hybridized carbons (Fsp3) is 0.429. The van der Waals surface area contributed by atoms with Crippen LogP contribution in [0.5, 0.6) is 0 Å². The van der Waals surface area contributed by atoms with Gasteiger partial charge in [-0.2, -0.15) is 0 Å². The number of anilines is 2. The number of rotatable bonds is 7. The minimum Gasteiger partial charge on any atom is -0.452 e. The van der Waals surface area contributed by atoms with Gasteiger partial charge in [-0.3, -0.25) is 14.4 Å². The van der Waals surface area contributed by atoms with Crippen LogP contribution in [0.25, 0.3) is 0 Å². The maximum atomic E-state index is 15.1. The number of amides is 2. The number of nitrogens with one attached hydrogen (secondary N) is 1. The fourth-order valence-electron chi connectivity index (χ4n) is 4.86. The zero-order valence-electron chi connectivity index (χ0n) is 22.5. The minimum atomic E-state index is -0.753. The van der Waals surface area contributed by atoms with Gasteiger partial charge < -0.3 is 29.5 Å². The molecule has 10 nitrogen and oxygen atoms in total. The summed E-state index contributed by atoms with van der Waals surface area (Å²) >= 11 is 0. The number of esters is 2. The van der Waals surface area contributed by atoms with Gasteiger partial charge in [0.05, 0.1) is 17.2 Å². The predicted molar refractivity (Wildman–Crippen MR) is 142 cm³/mol. The van der Waals surface area contributed by atoms with E-state index in [4.69, 9.17) is 9.47 Å². The summed E-state index contributed by atoms with van der Waals surface area (Å²) in [5, 5.41) is 2.60. The average molecular weight is 541 g/mol. The Morgan fingerprint density at radius 2 is 1.74 bits per heavy atom. The maximum absolute atomic E-state index is 15.1. The monoisotopic (exact) mass is 540 g/mol. The molecule has 2 aliphatic heterocycles. The lowest BCUT2D eigenvalue weighted by atomic mass is 9.88. The number of halogens is 1. The lowest BCUT2D eigenvalue weighted by molar-refractivity contribution is -0.144. The van der Waals surface area contributed by atoms with Crippen molar-refractivity contribution >= 4 is 35.1 Å². The summed E-state index contributed by atoms with van der Waals surface area (Å²) < 4.78 is 25.6. The Labute approximate surface area is 226 Å². The highest BCUT2D eigenvalue weighted by Gasteiger charge is 2.43. The van der Waals surface area contributed by atoms with Gasteiger partial charge in [-0.25, -0.2) is 9.18 Å². The highest BCUT2D eigenvalue weighted by atomic mass is 19.1. The van der Waals surface area contributed by atoms with Crippen molar-refractivity contribution in [1.29, 1.82) is 0 Å². The first-order valence-corrected chi connectivity index (χ1v) is 12.8. The molecule has 208 valence electrons. The molecule has 2 fully saturated rings. The van der Waals surface area contributed by atoms with E-state index >= 15 is 4.39 Å². The number of carbonyl (C=O) groups is 4. The van der Waals surface area contributed by atoms with E-state index in [-0.39, 0.29) is 24.3 Å². The lowest BCUT2D eigenvalue weighted by Crippen LogP contribution is -2.50. The average Bonchev–Trinajstić information content (AvgIpc) is 3.18. The van der Waals surface area contributed by atoms with Crippen LogP contribution in [0.2, 0.25) is 0 Å². The molecule has 11 heteroatoms. The molecular weight excluding hydrogens is 507 g/mol. The van der Waals surface area contributed by atoms with E-state index in [2.05, 4.69) is 5.32 Å². The van der Waals surface area contributed by atoms with E-state index in [9.17, 15) is 19.2 Å². The molecule has 0 saturated carbocycles. The Morgan fingerprint density at radius 3 is 2.33 bits per heavy atom. The second-order valence-electron chi connectivity index (χ2n) is 9.99. The predicted octanol–water partition coefficient (Wildman–Crippen LogP) is 2.14.